The zero-order chi connectivity index (χ0) is 13.9. The van der Waals surface area contributed by atoms with Crippen LogP contribution >= 0.6 is 0 Å². The van der Waals surface area contributed by atoms with Crippen molar-refractivity contribution < 1.29 is 130 Å². The van der Waals surface area contributed by atoms with E-state index in [9.17, 15) is 22.9 Å². The average molecular weight is 350 g/mol. The van der Waals surface area contributed by atoms with Crippen molar-refractivity contribution in [1.82, 2.24) is 0 Å². The molecule has 0 N–H and O–H groups in total. The summed E-state index contributed by atoms with van der Waals surface area (Å²) < 4.78 is 37.8. The van der Waals surface area contributed by atoms with E-state index in [4.69, 9.17) is 4.74 Å². The monoisotopic (exact) mass is 350 g/mol. The first kappa shape index (κ1) is 23.9. The summed E-state index contributed by atoms with van der Waals surface area (Å²) in [6.45, 7) is 4.14. The molecule has 1 aromatic carbocycles. The van der Waals surface area contributed by atoms with E-state index in [0.717, 1.165) is 12.1 Å². The summed E-state index contributed by atoms with van der Waals surface area (Å²) in [6.07, 6.45) is 0. The summed E-state index contributed by atoms with van der Waals surface area (Å²) in [5.74, 6) is -1.34. The molecule has 6 nitrogen and oxygen atoms in total. The van der Waals surface area contributed by atoms with Crippen molar-refractivity contribution in [1.29, 1.82) is 0 Å². The molecule has 0 saturated heterocycles. The molecular formula is C11H12K2O6S. The summed E-state index contributed by atoms with van der Waals surface area (Å²) >= 11 is 0. The van der Waals surface area contributed by atoms with Gasteiger partial charge in [-0.3, -0.25) is 0 Å². The Hall–Kier alpha value is 1.67. The predicted octanol–water partition coefficient (Wildman–Crippen LogP) is -6.00. The summed E-state index contributed by atoms with van der Waals surface area (Å²) in [4.78, 5) is 9.97. The van der Waals surface area contributed by atoms with E-state index >= 15 is 0 Å². The van der Waals surface area contributed by atoms with Crippen LogP contribution in [0.25, 0.3) is 0 Å². The molecule has 0 aliphatic carbocycles. The number of aromatic carboxylic acids is 1. The Bertz CT molecular complexity index is 556. The van der Waals surface area contributed by atoms with Crippen LogP contribution in [0.2, 0.25) is 0 Å². The van der Waals surface area contributed by atoms with Crippen LogP contribution in [-0.2, 0) is 10.1 Å². The molecular weight excluding hydrogens is 338 g/mol. The third kappa shape index (κ3) is 7.79. The van der Waals surface area contributed by atoms with Crippen LogP contribution in [0.5, 0.6) is 5.75 Å². The number of carboxylic acids is 1. The first-order valence-electron chi connectivity index (χ1n) is 5.16. The number of hydrogen-bond acceptors (Lipinski definition) is 6. The number of ether oxygens (including phenoxy) is 1. The largest absolute Gasteiger partial charge is 1.00 e. The fraction of sp³-hybridized carbons (Fsp3) is 0.364. The zero-order valence-corrected chi connectivity index (χ0v) is 18.9. The Morgan fingerprint density at radius 2 is 1.85 bits per heavy atom. The first-order valence-corrected chi connectivity index (χ1v) is 6.56. The molecule has 0 aromatic heterocycles. The summed E-state index contributed by atoms with van der Waals surface area (Å²) in [6, 6.07) is 3.12. The van der Waals surface area contributed by atoms with E-state index < -0.39 is 26.5 Å². The second kappa shape index (κ2) is 10.4. The second-order valence-corrected chi connectivity index (χ2v) is 5.45. The van der Waals surface area contributed by atoms with Crippen LogP contribution in [-0.4, -0.2) is 25.5 Å². The molecule has 0 fully saturated rings. The van der Waals surface area contributed by atoms with Gasteiger partial charge in [-0.15, -0.1) is 0 Å². The van der Waals surface area contributed by atoms with Gasteiger partial charge < -0.3 is 19.2 Å². The minimum absolute atomic E-state index is 0. The summed E-state index contributed by atoms with van der Waals surface area (Å²) in [5.41, 5.74) is -0.689. The Morgan fingerprint density at radius 3 is 2.25 bits per heavy atom. The van der Waals surface area contributed by atoms with Crippen LogP contribution in [0, 0.1) is 5.92 Å². The molecule has 0 saturated carbocycles. The Kier molecular flexibility index (Phi) is 12.5. The van der Waals surface area contributed by atoms with E-state index in [1.165, 1.54) is 6.07 Å². The van der Waals surface area contributed by atoms with E-state index in [0.29, 0.717) is 6.61 Å². The molecule has 20 heavy (non-hydrogen) atoms. The molecule has 0 aliphatic rings. The number of carbonyl (C=O) groups is 1. The molecule has 0 aliphatic heterocycles. The molecule has 100 valence electrons. The molecule has 9 heteroatoms. The molecule has 0 spiro atoms. The van der Waals surface area contributed by atoms with E-state index in [1.54, 1.807) is 0 Å². The third-order valence-corrected chi connectivity index (χ3v) is 2.92. The summed E-state index contributed by atoms with van der Waals surface area (Å²) in [5, 5.41) is 10.8. The van der Waals surface area contributed by atoms with Crippen molar-refractivity contribution in [3.8, 4) is 5.75 Å². The number of hydrogen-bond donors (Lipinski definition) is 0. The molecule has 0 heterocycles. The Labute approximate surface area is 203 Å². The molecule has 1 rings (SSSR count). The van der Waals surface area contributed by atoms with Gasteiger partial charge in [0.15, 0.2) is 0 Å². The van der Waals surface area contributed by atoms with E-state index in [2.05, 4.69) is 0 Å². The topological polar surface area (TPSA) is 107 Å². The van der Waals surface area contributed by atoms with Crippen molar-refractivity contribution in [3.05, 3.63) is 23.8 Å². The smallest absolute Gasteiger partial charge is 0.744 e. The number of rotatable bonds is 5. The average Bonchev–Trinajstić information content (AvgIpc) is 2.24. The normalized spacial score (nSPS) is 10.4. The molecule has 0 bridgehead atoms. The van der Waals surface area contributed by atoms with Gasteiger partial charge in [0.2, 0.25) is 0 Å². The van der Waals surface area contributed by atoms with Gasteiger partial charge in [-0.05, 0) is 24.1 Å². The van der Waals surface area contributed by atoms with Gasteiger partial charge in [0.25, 0.3) is 0 Å². The second-order valence-electron chi connectivity index (χ2n) is 4.10. The van der Waals surface area contributed by atoms with Crippen molar-refractivity contribution in [2.45, 2.75) is 18.7 Å². The van der Waals surface area contributed by atoms with Gasteiger partial charge in [-0.25, -0.2) is 8.42 Å². The van der Waals surface area contributed by atoms with Crippen molar-refractivity contribution >= 4 is 16.1 Å². The number of carboxylic acid groups (broad SMARTS) is 1. The fourth-order valence-corrected chi connectivity index (χ4v) is 1.89. The van der Waals surface area contributed by atoms with Gasteiger partial charge >= 0.3 is 103 Å². The molecule has 0 unspecified atom stereocenters. The van der Waals surface area contributed by atoms with Crippen LogP contribution in [0.1, 0.15) is 24.2 Å². The van der Waals surface area contributed by atoms with Crippen molar-refractivity contribution in [2.24, 2.45) is 5.92 Å². The van der Waals surface area contributed by atoms with Gasteiger partial charge in [0, 0.05) is 5.56 Å². The van der Waals surface area contributed by atoms with Crippen LogP contribution in [0.3, 0.4) is 0 Å². The molecule has 1 aromatic rings. The minimum Gasteiger partial charge on any atom is -0.744 e. The fourth-order valence-electron chi connectivity index (χ4n) is 1.24. The van der Waals surface area contributed by atoms with Gasteiger partial charge in [0.05, 0.1) is 17.5 Å². The van der Waals surface area contributed by atoms with Crippen LogP contribution in [0.15, 0.2) is 23.1 Å². The van der Waals surface area contributed by atoms with Gasteiger partial charge in [-0.1, -0.05) is 13.8 Å². The van der Waals surface area contributed by atoms with E-state index in [1.807, 2.05) is 13.8 Å². The maximum absolute atomic E-state index is 10.8. The number of carbonyl (C=O) groups excluding carboxylic acids is 1. The Balaban J connectivity index is 0. The third-order valence-electron chi connectivity index (χ3n) is 2.02. The molecule has 0 amide bonds. The molecule has 0 atom stereocenters. The zero-order valence-electron chi connectivity index (χ0n) is 11.9. The van der Waals surface area contributed by atoms with Crippen LogP contribution < -0.4 is 113 Å². The van der Waals surface area contributed by atoms with Gasteiger partial charge in [0.1, 0.15) is 15.9 Å². The van der Waals surface area contributed by atoms with Crippen molar-refractivity contribution in [2.75, 3.05) is 6.61 Å². The van der Waals surface area contributed by atoms with Crippen LogP contribution in [0.4, 0.5) is 0 Å². The summed E-state index contributed by atoms with van der Waals surface area (Å²) in [7, 11) is -4.85. The quantitative estimate of drug-likeness (QED) is 0.387. The Morgan fingerprint density at radius 1 is 1.30 bits per heavy atom. The van der Waals surface area contributed by atoms with Gasteiger partial charge in [-0.2, -0.15) is 0 Å². The van der Waals surface area contributed by atoms with Crippen molar-refractivity contribution in [3.63, 3.8) is 0 Å². The molecule has 0 radical (unpaired) electrons. The standard InChI is InChI=1S/C11H14O6S.2K/c1-7(2)6-17-8-3-4-10(18(14,15)16)9(5-8)11(12)13;;/h3-5,7H,6H2,1-2H3,(H,12,13)(H,14,15,16);;/q;2*+1/p-2. The maximum Gasteiger partial charge on any atom is 1.00 e. The SMILES string of the molecule is CC(C)COc1ccc(S(=O)(=O)[O-])c(C(=O)[O-])c1.[K+].[K+]. The number of benzene rings is 1. The predicted molar refractivity (Wildman–Crippen MR) is 59.1 cm³/mol. The maximum atomic E-state index is 10.8. The van der Waals surface area contributed by atoms with E-state index in [-0.39, 0.29) is 114 Å². The first-order chi connectivity index (χ1) is 8.21. The minimum atomic E-state index is -4.85.